The van der Waals surface area contributed by atoms with Gasteiger partial charge in [-0.05, 0) is 0 Å². The number of hydrogen-bond donors (Lipinski definition) is 0. The third-order valence-corrected chi connectivity index (χ3v) is 3.13. The third kappa shape index (κ3) is 0.945. The molecule has 4 aliphatic heterocycles. The fraction of sp³-hybridized carbons (Fsp3) is 1.00. The Bertz CT molecular complexity index is 160. The molecule has 4 fully saturated rings. The van der Waals surface area contributed by atoms with Crippen molar-refractivity contribution in [2.24, 2.45) is 0 Å². The van der Waals surface area contributed by atoms with Gasteiger partial charge < -0.3 is 0 Å². The number of rotatable bonds is 0. The molecular weight excluding hydrogens is 159 g/mol. The van der Waals surface area contributed by atoms with Gasteiger partial charge in [-0.3, -0.25) is 4.25 Å². The van der Waals surface area contributed by atoms with E-state index in [1.165, 1.54) is 40.0 Å². The van der Waals surface area contributed by atoms with E-state index in [1.807, 2.05) is 0 Å². The minimum Gasteiger partial charge on any atom is -0.277 e. The van der Waals surface area contributed by atoms with Gasteiger partial charge in [0.15, 0.2) is 0 Å². The molecule has 4 saturated heterocycles. The third-order valence-electron chi connectivity index (χ3n) is 2.64. The molecule has 5 heteroatoms. The molecule has 11 heavy (non-hydrogen) atoms. The molecule has 0 radical (unpaired) electrons. The topological polar surface area (TPSA) is 9.72 Å². The molecule has 0 aromatic rings. The second-order valence-electron chi connectivity index (χ2n) is 4.08. The van der Waals surface area contributed by atoms with Gasteiger partial charge >= 0.3 is 0 Å². The molecule has 1 unspecified atom stereocenters. The van der Waals surface area contributed by atoms with Crippen LogP contribution >= 0.6 is 9.39 Å². The van der Waals surface area contributed by atoms with Crippen LogP contribution in [-0.2, 0) is 0 Å². The first-order chi connectivity index (χ1) is 5.23. The van der Waals surface area contributed by atoms with Crippen molar-refractivity contribution in [2.75, 3.05) is 40.0 Å². The summed E-state index contributed by atoms with van der Waals surface area (Å²) in [6.07, 6.45) is 0. The summed E-state index contributed by atoms with van der Waals surface area (Å²) in [4.78, 5) is 7.51. The van der Waals surface area contributed by atoms with Crippen molar-refractivity contribution in [3.63, 3.8) is 0 Å². The maximum atomic E-state index is 2.98. The molecule has 4 rings (SSSR count). The highest BCUT2D eigenvalue weighted by Crippen LogP contribution is 2.31. The minimum absolute atomic E-state index is 1.12. The lowest BCUT2D eigenvalue weighted by molar-refractivity contribution is -0.868. The van der Waals surface area contributed by atoms with Gasteiger partial charge in [0.1, 0.15) is 20.0 Å². The smallest absolute Gasteiger partial charge is 0.139 e. The molecule has 0 aromatic heterocycles. The fourth-order valence-electron chi connectivity index (χ4n) is 2.58. The Balaban J connectivity index is 1.94. The van der Waals surface area contributed by atoms with E-state index in [0.717, 1.165) is 4.25 Å². The Morgan fingerprint density at radius 3 is 1.45 bits per heavy atom. The predicted molar refractivity (Wildman–Crippen MR) is 44.7 cm³/mol. The van der Waals surface area contributed by atoms with Crippen molar-refractivity contribution in [3.05, 3.63) is 0 Å². The van der Waals surface area contributed by atoms with Crippen molar-refractivity contribution >= 4 is 9.39 Å². The summed E-state index contributed by atoms with van der Waals surface area (Å²) in [6.45, 7) is 7.22. The van der Waals surface area contributed by atoms with E-state index in [0.29, 0.717) is 0 Å². The summed E-state index contributed by atoms with van der Waals surface area (Å²) in [6, 6.07) is 0. The van der Waals surface area contributed by atoms with Crippen LogP contribution in [0.15, 0.2) is 0 Å². The Morgan fingerprint density at radius 2 is 1.18 bits per heavy atom. The molecule has 0 amide bonds. The summed E-state index contributed by atoms with van der Waals surface area (Å²) in [5.41, 5.74) is 0. The highest BCUT2D eigenvalue weighted by Gasteiger charge is 2.45. The molecule has 0 aromatic carbocycles. The van der Waals surface area contributed by atoms with Crippen LogP contribution in [0.5, 0.6) is 0 Å². The maximum absolute atomic E-state index is 2.98. The SMILES string of the molecule is P[N+]12CN3CN(CN(C3)C1)C2. The molecule has 1 atom stereocenters. The van der Waals surface area contributed by atoms with Crippen LogP contribution in [0.1, 0.15) is 0 Å². The quantitative estimate of drug-likeness (QED) is 0.448. The molecule has 0 saturated carbocycles. The zero-order valence-electron chi connectivity index (χ0n) is 6.61. The summed E-state index contributed by atoms with van der Waals surface area (Å²) >= 11 is 0. The predicted octanol–water partition coefficient (Wildman–Crippen LogP) is -0.715. The van der Waals surface area contributed by atoms with Crippen LogP contribution in [0.3, 0.4) is 0 Å². The van der Waals surface area contributed by atoms with Gasteiger partial charge in [0, 0.05) is 0 Å². The monoisotopic (exact) mass is 173 g/mol. The van der Waals surface area contributed by atoms with Crippen LogP contribution in [0.25, 0.3) is 0 Å². The second-order valence-corrected chi connectivity index (χ2v) is 5.17. The molecule has 62 valence electrons. The first-order valence-corrected chi connectivity index (χ1v) is 4.57. The van der Waals surface area contributed by atoms with Crippen LogP contribution in [0.2, 0.25) is 0 Å². The Morgan fingerprint density at radius 1 is 0.818 bits per heavy atom. The van der Waals surface area contributed by atoms with Crippen molar-refractivity contribution in [2.45, 2.75) is 0 Å². The van der Waals surface area contributed by atoms with E-state index >= 15 is 0 Å². The van der Waals surface area contributed by atoms with Crippen LogP contribution < -0.4 is 0 Å². The van der Waals surface area contributed by atoms with Gasteiger partial charge in [0.2, 0.25) is 0 Å². The van der Waals surface area contributed by atoms with Crippen LogP contribution in [-0.4, -0.2) is 59.0 Å². The van der Waals surface area contributed by atoms with E-state index in [9.17, 15) is 0 Å². The fourth-order valence-corrected chi connectivity index (χ4v) is 3.27. The Labute approximate surface area is 69.2 Å². The molecule has 4 bridgehead atoms. The molecule has 4 nitrogen and oxygen atoms in total. The molecule has 0 spiro atoms. The van der Waals surface area contributed by atoms with Crippen LogP contribution in [0.4, 0.5) is 0 Å². The largest absolute Gasteiger partial charge is 0.277 e. The lowest BCUT2D eigenvalue weighted by Gasteiger charge is -2.59. The van der Waals surface area contributed by atoms with E-state index < -0.39 is 0 Å². The second kappa shape index (κ2) is 1.95. The molecule has 0 N–H and O–H groups in total. The molecular formula is C6H14N4P+. The van der Waals surface area contributed by atoms with E-state index in [4.69, 9.17) is 0 Å². The first-order valence-electron chi connectivity index (χ1n) is 4.05. The number of nitrogens with zero attached hydrogens (tertiary/aromatic N) is 4. The number of quaternary nitrogens is 1. The first kappa shape index (κ1) is 6.75. The summed E-state index contributed by atoms with van der Waals surface area (Å²) in [7, 11) is 2.98. The molecule has 0 aliphatic carbocycles. The van der Waals surface area contributed by atoms with E-state index in [-0.39, 0.29) is 0 Å². The van der Waals surface area contributed by atoms with Crippen molar-refractivity contribution in [1.82, 2.24) is 14.7 Å². The zero-order chi connectivity index (χ0) is 7.47. The zero-order valence-corrected chi connectivity index (χ0v) is 7.76. The Kier molecular flexibility index (Phi) is 1.20. The van der Waals surface area contributed by atoms with Gasteiger partial charge in [0.25, 0.3) is 0 Å². The standard InChI is InChI=1S/C6H14N4P/c11-10-4-7-1-8(5-10)3-9(2-7)6-10/h1-6,11H2/q+1. The van der Waals surface area contributed by atoms with Gasteiger partial charge in [-0.15, -0.1) is 0 Å². The highest BCUT2D eigenvalue weighted by atomic mass is 31.0. The van der Waals surface area contributed by atoms with E-state index in [1.54, 1.807) is 0 Å². The summed E-state index contributed by atoms with van der Waals surface area (Å²) in [5, 5.41) is 0. The normalized spacial score (nSPS) is 60.3. The van der Waals surface area contributed by atoms with E-state index in [2.05, 4.69) is 24.1 Å². The molecule has 4 heterocycles. The van der Waals surface area contributed by atoms with Gasteiger partial charge in [0.05, 0.1) is 29.4 Å². The Hall–Kier alpha value is 0.270. The average molecular weight is 173 g/mol. The van der Waals surface area contributed by atoms with Crippen molar-refractivity contribution in [1.29, 1.82) is 0 Å². The van der Waals surface area contributed by atoms with Crippen molar-refractivity contribution in [3.8, 4) is 0 Å². The summed E-state index contributed by atoms with van der Waals surface area (Å²) in [5.74, 6) is 0. The van der Waals surface area contributed by atoms with Crippen molar-refractivity contribution < 1.29 is 4.25 Å². The lowest BCUT2D eigenvalue weighted by Crippen LogP contribution is -2.75. The van der Waals surface area contributed by atoms with Gasteiger partial charge in [-0.2, -0.15) is 0 Å². The summed E-state index contributed by atoms with van der Waals surface area (Å²) < 4.78 is 1.12. The minimum atomic E-state index is 1.12. The highest BCUT2D eigenvalue weighted by molar-refractivity contribution is 7.08. The maximum Gasteiger partial charge on any atom is 0.139 e. The molecule has 4 aliphatic rings. The van der Waals surface area contributed by atoms with Crippen LogP contribution in [0, 0.1) is 0 Å². The average Bonchev–Trinajstić information content (AvgIpc) is 1.79. The lowest BCUT2D eigenvalue weighted by atomic mass is 10.4. The van der Waals surface area contributed by atoms with Gasteiger partial charge in [-0.1, -0.05) is 0 Å². The number of hydrogen-bond acceptors (Lipinski definition) is 3. The van der Waals surface area contributed by atoms with Gasteiger partial charge in [-0.25, -0.2) is 14.7 Å².